The quantitative estimate of drug-likeness (QED) is 0.566. The highest BCUT2D eigenvalue weighted by atomic mass is 35.5. The lowest BCUT2D eigenvalue weighted by atomic mass is 10.1. The van der Waals surface area contributed by atoms with Crippen molar-refractivity contribution in [2.75, 3.05) is 0 Å². The van der Waals surface area contributed by atoms with Crippen molar-refractivity contribution >= 4 is 28.7 Å². The molecule has 3 heteroatoms. The molecule has 0 radical (unpaired) electrons. The molecule has 0 amide bonds. The maximum atomic E-state index is 11.8. The molecule has 0 spiro atoms. The highest BCUT2D eigenvalue weighted by Crippen LogP contribution is 2.42. The average Bonchev–Trinajstić information content (AvgIpc) is 2.72. The highest BCUT2D eigenvalue weighted by molar-refractivity contribution is 7.08. The van der Waals surface area contributed by atoms with Gasteiger partial charge in [-0.25, -0.2) is 0 Å². The first-order valence-electron chi connectivity index (χ1n) is 4.19. The molecule has 0 aliphatic heterocycles. The van der Waals surface area contributed by atoms with Crippen molar-refractivity contribution in [3.05, 3.63) is 45.1 Å². The van der Waals surface area contributed by atoms with Crippen LogP contribution >= 0.6 is 22.9 Å². The monoisotopic (exact) mass is 220 g/mol. The van der Waals surface area contributed by atoms with Gasteiger partial charge in [-0.2, -0.15) is 11.3 Å². The molecular weight excluding hydrogens is 216 g/mol. The third-order valence-electron chi connectivity index (χ3n) is 2.43. The lowest BCUT2D eigenvalue weighted by Crippen LogP contribution is -1.92. The van der Waals surface area contributed by atoms with Gasteiger partial charge in [0, 0.05) is 32.7 Å². The second kappa shape index (κ2) is 2.69. The van der Waals surface area contributed by atoms with Crippen LogP contribution in [0.15, 0.2) is 29.0 Å². The molecule has 1 aromatic heterocycles. The number of carbonyl (C=O) groups excluding carboxylic acids is 1. The second-order valence-corrected chi connectivity index (χ2v) is 4.34. The van der Waals surface area contributed by atoms with Crippen molar-refractivity contribution in [1.29, 1.82) is 0 Å². The lowest BCUT2D eigenvalue weighted by molar-refractivity contribution is 0.104. The van der Waals surface area contributed by atoms with Gasteiger partial charge in [0.2, 0.25) is 0 Å². The Hall–Kier alpha value is -1.12. The van der Waals surface area contributed by atoms with Crippen molar-refractivity contribution in [3.63, 3.8) is 0 Å². The first-order chi connectivity index (χ1) is 6.79. The SMILES string of the molecule is O=C1c2cscc2-c2c(Cl)cccc21. The molecule has 1 nitrogen and oxygen atoms in total. The van der Waals surface area contributed by atoms with Crippen molar-refractivity contribution in [3.8, 4) is 11.1 Å². The van der Waals surface area contributed by atoms with Crippen LogP contribution in [-0.2, 0) is 0 Å². The van der Waals surface area contributed by atoms with E-state index in [0.29, 0.717) is 5.02 Å². The van der Waals surface area contributed by atoms with Crippen LogP contribution in [0.25, 0.3) is 11.1 Å². The van der Waals surface area contributed by atoms with Crippen molar-refractivity contribution < 1.29 is 4.79 Å². The Balaban J connectivity index is 2.46. The predicted molar refractivity (Wildman–Crippen MR) is 58.2 cm³/mol. The fourth-order valence-corrected chi connectivity index (χ4v) is 2.89. The third kappa shape index (κ3) is 0.873. The van der Waals surface area contributed by atoms with Crippen LogP contribution < -0.4 is 0 Å². The Morgan fingerprint density at radius 3 is 2.71 bits per heavy atom. The molecule has 0 atom stereocenters. The summed E-state index contributed by atoms with van der Waals surface area (Å²) in [6, 6.07) is 5.46. The smallest absolute Gasteiger partial charge is 0.195 e. The number of hydrogen-bond acceptors (Lipinski definition) is 2. The van der Waals surface area contributed by atoms with Crippen LogP contribution in [0.1, 0.15) is 15.9 Å². The van der Waals surface area contributed by atoms with Gasteiger partial charge in [-0.3, -0.25) is 4.79 Å². The van der Waals surface area contributed by atoms with E-state index in [0.717, 1.165) is 22.3 Å². The second-order valence-electron chi connectivity index (χ2n) is 3.19. The molecule has 1 aromatic carbocycles. The molecule has 0 saturated heterocycles. The van der Waals surface area contributed by atoms with Gasteiger partial charge in [-0.1, -0.05) is 23.7 Å². The van der Waals surface area contributed by atoms with E-state index in [1.807, 2.05) is 29.0 Å². The van der Waals surface area contributed by atoms with Gasteiger partial charge in [0.15, 0.2) is 5.78 Å². The Morgan fingerprint density at radius 1 is 1.07 bits per heavy atom. The molecule has 0 N–H and O–H groups in total. The molecule has 14 heavy (non-hydrogen) atoms. The average molecular weight is 221 g/mol. The summed E-state index contributed by atoms with van der Waals surface area (Å²) in [4.78, 5) is 11.8. The maximum absolute atomic E-state index is 11.8. The largest absolute Gasteiger partial charge is 0.289 e. The summed E-state index contributed by atoms with van der Waals surface area (Å²) in [7, 11) is 0. The van der Waals surface area contributed by atoms with Crippen molar-refractivity contribution in [2.45, 2.75) is 0 Å². The number of ketones is 1. The van der Waals surface area contributed by atoms with E-state index < -0.39 is 0 Å². The van der Waals surface area contributed by atoms with E-state index in [1.165, 1.54) is 11.3 Å². The minimum absolute atomic E-state index is 0.0961. The number of rotatable bonds is 0. The van der Waals surface area contributed by atoms with E-state index >= 15 is 0 Å². The standard InChI is InChI=1S/C11H5ClOS/c12-9-3-1-2-6-10(9)7-4-14-5-8(7)11(6)13/h1-5H. The van der Waals surface area contributed by atoms with E-state index in [2.05, 4.69) is 0 Å². The van der Waals surface area contributed by atoms with Crippen molar-refractivity contribution in [2.24, 2.45) is 0 Å². The fourth-order valence-electron chi connectivity index (χ4n) is 1.80. The van der Waals surface area contributed by atoms with E-state index in [4.69, 9.17) is 11.6 Å². The van der Waals surface area contributed by atoms with Crippen LogP contribution in [0.4, 0.5) is 0 Å². The summed E-state index contributed by atoms with van der Waals surface area (Å²) in [6.07, 6.45) is 0. The highest BCUT2D eigenvalue weighted by Gasteiger charge is 2.28. The first-order valence-corrected chi connectivity index (χ1v) is 5.51. The first kappa shape index (κ1) is 8.21. The van der Waals surface area contributed by atoms with Crippen LogP contribution in [0, 0.1) is 0 Å². The van der Waals surface area contributed by atoms with Crippen LogP contribution in [0.3, 0.4) is 0 Å². The molecule has 1 heterocycles. The molecule has 68 valence electrons. The number of halogens is 1. The zero-order valence-corrected chi connectivity index (χ0v) is 8.65. The van der Waals surface area contributed by atoms with E-state index in [1.54, 1.807) is 0 Å². The summed E-state index contributed by atoms with van der Waals surface area (Å²) in [5.74, 6) is 0.0961. The van der Waals surface area contributed by atoms with Gasteiger partial charge >= 0.3 is 0 Å². The topological polar surface area (TPSA) is 17.1 Å². The Morgan fingerprint density at radius 2 is 1.86 bits per heavy atom. The minimum Gasteiger partial charge on any atom is -0.289 e. The van der Waals surface area contributed by atoms with Gasteiger partial charge < -0.3 is 0 Å². The minimum atomic E-state index is 0.0961. The molecular formula is C11H5ClOS. The molecule has 0 saturated carbocycles. The van der Waals surface area contributed by atoms with E-state index in [-0.39, 0.29) is 5.78 Å². The zero-order valence-electron chi connectivity index (χ0n) is 7.08. The normalized spacial score (nSPS) is 12.8. The lowest BCUT2D eigenvalue weighted by Gasteiger charge is -1.99. The Bertz CT molecular complexity index is 542. The van der Waals surface area contributed by atoms with Gasteiger partial charge in [0.05, 0.1) is 0 Å². The molecule has 1 aliphatic carbocycles. The van der Waals surface area contributed by atoms with Gasteiger partial charge in [-0.05, 0) is 11.4 Å². The number of benzene rings is 1. The number of hydrogen-bond donors (Lipinski definition) is 0. The van der Waals surface area contributed by atoms with Gasteiger partial charge in [0.25, 0.3) is 0 Å². The molecule has 0 bridgehead atoms. The summed E-state index contributed by atoms with van der Waals surface area (Å²) in [5, 5.41) is 4.52. The summed E-state index contributed by atoms with van der Waals surface area (Å²) >= 11 is 7.61. The molecule has 2 aromatic rings. The van der Waals surface area contributed by atoms with Crippen LogP contribution in [-0.4, -0.2) is 5.78 Å². The molecule has 0 fully saturated rings. The zero-order chi connectivity index (χ0) is 9.71. The van der Waals surface area contributed by atoms with E-state index in [9.17, 15) is 4.79 Å². The van der Waals surface area contributed by atoms with Gasteiger partial charge in [-0.15, -0.1) is 0 Å². The Labute approximate surface area is 90.0 Å². The summed E-state index contributed by atoms with van der Waals surface area (Å²) in [5.41, 5.74) is 3.41. The van der Waals surface area contributed by atoms with Crippen LogP contribution in [0.5, 0.6) is 0 Å². The number of thiophene rings is 1. The predicted octanol–water partition coefficient (Wildman–Crippen LogP) is 3.61. The Kier molecular flexibility index (Phi) is 1.58. The molecule has 3 rings (SSSR count). The molecule has 0 unspecified atom stereocenters. The molecule has 1 aliphatic rings. The summed E-state index contributed by atoms with van der Waals surface area (Å²) < 4.78 is 0. The van der Waals surface area contributed by atoms with Crippen molar-refractivity contribution in [1.82, 2.24) is 0 Å². The van der Waals surface area contributed by atoms with Gasteiger partial charge in [0.1, 0.15) is 0 Å². The fraction of sp³-hybridized carbons (Fsp3) is 0. The summed E-state index contributed by atoms with van der Waals surface area (Å²) in [6.45, 7) is 0. The maximum Gasteiger partial charge on any atom is 0.195 e. The number of carbonyl (C=O) groups is 1. The van der Waals surface area contributed by atoms with Crippen LogP contribution in [0.2, 0.25) is 5.02 Å². The third-order valence-corrected chi connectivity index (χ3v) is 3.49. The number of fused-ring (bicyclic) bond motifs is 3.